The van der Waals surface area contributed by atoms with Crippen molar-refractivity contribution in [2.45, 2.75) is 52.4 Å². The largest absolute Gasteiger partial charge is 0.303 e. The Balaban J connectivity index is 1.84. The smallest absolute Gasteiger partial charge is 0.137 e. The van der Waals surface area contributed by atoms with E-state index >= 15 is 0 Å². The number of carbonyl (C=O) groups is 1. The van der Waals surface area contributed by atoms with Crippen molar-refractivity contribution in [1.82, 2.24) is 4.90 Å². The summed E-state index contributed by atoms with van der Waals surface area (Å²) >= 11 is 0. The van der Waals surface area contributed by atoms with Crippen LogP contribution >= 0.6 is 0 Å². The molecule has 0 amide bonds. The van der Waals surface area contributed by atoms with Crippen molar-refractivity contribution < 1.29 is 4.79 Å². The lowest BCUT2D eigenvalue weighted by Gasteiger charge is -2.30. The van der Waals surface area contributed by atoms with Crippen molar-refractivity contribution in [3.05, 3.63) is 0 Å². The minimum atomic E-state index is 0.340. The Kier molecular flexibility index (Phi) is 4.61. The van der Waals surface area contributed by atoms with Crippen LogP contribution in [0.15, 0.2) is 0 Å². The minimum absolute atomic E-state index is 0.340. The Bertz CT molecular complexity index is 264. The molecule has 2 fully saturated rings. The van der Waals surface area contributed by atoms with Crippen LogP contribution in [0.5, 0.6) is 0 Å². The van der Waals surface area contributed by atoms with Crippen molar-refractivity contribution in [3.63, 3.8) is 0 Å². The van der Waals surface area contributed by atoms with Crippen LogP contribution in [-0.4, -0.2) is 30.3 Å². The van der Waals surface area contributed by atoms with Gasteiger partial charge in [0.1, 0.15) is 5.78 Å². The SMILES string of the molecule is CC1CCCN(CC2CC(C)CCC2=O)CC1. The number of hydrogen-bond donors (Lipinski definition) is 0. The Morgan fingerprint density at radius 2 is 1.94 bits per heavy atom. The van der Waals surface area contributed by atoms with E-state index in [-0.39, 0.29) is 0 Å². The second kappa shape index (κ2) is 5.99. The van der Waals surface area contributed by atoms with Gasteiger partial charge in [-0.2, -0.15) is 0 Å². The van der Waals surface area contributed by atoms with E-state index in [0.717, 1.165) is 37.6 Å². The lowest BCUT2D eigenvalue weighted by molar-refractivity contribution is -0.126. The van der Waals surface area contributed by atoms with E-state index in [1.807, 2.05) is 0 Å². The van der Waals surface area contributed by atoms with Crippen LogP contribution in [0, 0.1) is 17.8 Å². The van der Waals surface area contributed by atoms with Crippen LogP contribution in [-0.2, 0) is 4.79 Å². The van der Waals surface area contributed by atoms with E-state index in [1.54, 1.807) is 0 Å². The summed E-state index contributed by atoms with van der Waals surface area (Å²) < 4.78 is 0. The molecule has 0 aromatic heterocycles. The third kappa shape index (κ3) is 3.80. The molecule has 0 radical (unpaired) electrons. The van der Waals surface area contributed by atoms with Crippen LogP contribution in [0.1, 0.15) is 52.4 Å². The number of ketones is 1. The molecule has 0 aromatic carbocycles. The lowest BCUT2D eigenvalue weighted by Crippen LogP contribution is -2.36. The molecule has 17 heavy (non-hydrogen) atoms. The molecule has 2 nitrogen and oxygen atoms in total. The molecule has 1 heterocycles. The first kappa shape index (κ1) is 13.1. The van der Waals surface area contributed by atoms with E-state index in [0.29, 0.717) is 11.7 Å². The van der Waals surface area contributed by atoms with Gasteiger partial charge in [-0.25, -0.2) is 0 Å². The molecule has 2 rings (SSSR count). The minimum Gasteiger partial charge on any atom is -0.303 e. The number of rotatable bonds is 2. The Labute approximate surface area is 106 Å². The van der Waals surface area contributed by atoms with Gasteiger partial charge in [-0.1, -0.05) is 13.8 Å². The van der Waals surface area contributed by atoms with Crippen LogP contribution < -0.4 is 0 Å². The van der Waals surface area contributed by atoms with Crippen LogP contribution in [0.2, 0.25) is 0 Å². The zero-order valence-corrected chi connectivity index (χ0v) is 11.5. The Morgan fingerprint density at radius 3 is 2.76 bits per heavy atom. The topological polar surface area (TPSA) is 20.3 Å². The highest BCUT2D eigenvalue weighted by Crippen LogP contribution is 2.27. The molecule has 0 N–H and O–H groups in total. The molecule has 1 aliphatic carbocycles. The summed E-state index contributed by atoms with van der Waals surface area (Å²) in [5.74, 6) is 2.50. The molecule has 1 saturated carbocycles. The lowest BCUT2D eigenvalue weighted by atomic mass is 9.81. The summed E-state index contributed by atoms with van der Waals surface area (Å²) in [7, 11) is 0. The molecule has 0 bridgehead atoms. The Morgan fingerprint density at radius 1 is 1.12 bits per heavy atom. The van der Waals surface area contributed by atoms with Gasteiger partial charge in [-0.15, -0.1) is 0 Å². The van der Waals surface area contributed by atoms with Gasteiger partial charge in [0, 0.05) is 18.9 Å². The summed E-state index contributed by atoms with van der Waals surface area (Å²) in [6.45, 7) is 8.11. The number of carbonyl (C=O) groups excluding carboxylic acids is 1. The molecule has 3 unspecified atom stereocenters. The molecule has 2 aliphatic rings. The van der Waals surface area contributed by atoms with Gasteiger partial charge in [0.25, 0.3) is 0 Å². The monoisotopic (exact) mass is 237 g/mol. The predicted molar refractivity (Wildman–Crippen MR) is 71.0 cm³/mol. The number of nitrogens with zero attached hydrogens (tertiary/aromatic N) is 1. The fourth-order valence-corrected chi connectivity index (χ4v) is 3.32. The maximum atomic E-state index is 11.9. The average molecular weight is 237 g/mol. The third-order valence-electron chi connectivity index (χ3n) is 4.61. The summed E-state index contributed by atoms with van der Waals surface area (Å²) in [4.78, 5) is 14.5. The maximum Gasteiger partial charge on any atom is 0.137 e. The Hall–Kier alpha value is -0.370. The fourth-order valence-electron chi connectivity index (χ4n) is 3.32. The average Bonchev–Trinajstić information content (AvgIpc) is 2.49. The zero-order valence-electron chi connectivity index (χ0n) is 11.5. The molecule has 0 spiro atoms. The van der Waals surface area contributed by atoms with Gasteiger partial charge in [-0.3, -0.25) is 4.79 Å². The molecule has 3 atom stereocenters. The van der Waals surface area contributed by atoms with E-state index in [9.17, 15) is 4.79 Å². The van der Waals surface area contributed by atoms with Crippen molar-refractivity contribution in [2.24, 2.45) is 17.8 Å². The highest BCUT2D eigenvalue weighted by atomic mass is 16.1. The second-order valence-electron chi connectivity index (χ2n) is 6.38. The second-order valence-corrected chi connectivity index (χ2v) is 6.38. The highest BCUT2D eigenvalue weighted by Gasteiger charge is 2.28. The van der Waals surface area contributed by atoms with Gasteiger partial charge in [0.05, 0.1) is 0 Å². The third-order valence-corrected chi connectivity index (χ3v) is 4.61. The number of likely N-dealkylation sites (tertiary alicyclic amines) is 1. The van der Waals surface area contributed by atoms with E-state index in [4.69, 9.17) is 0 Å². The van der Waals surface area contributed by atoms with Gasteiger partial charge in [0.15, 0.2) is 0 Å². The van der Waals surface area contributed by atoms with Crippen LogP contribution in [0.25, 0.3) is 0 Å². The molecule has 1 aliphatic heterocycles. The molecular weight excluding hydrogens is 210 g/mol. The van der Waals surface area contributed by atoms with Gasteiger partial charge < -0.3 is 4.90 Å². The normalized spacial score (nSPS) is 36.8. The standard InChI is InChI=1S/C15H27NO/c1-12-4-3-8-16(9-7-12)11-14-10-13(2)5-6-15(14)17/h12-14H,3-11H2,1-2H3. The van der Waals surface area contributed by atoms with Gasteiger partial charge in [0.2, 0.25) is 0 Å². The molecule has 98 valence electrons. The van der Waals surface area contributed by atoms with Crippen LogP contribution in [0.4, 0.5) is 0 Å². The summed E-state index contributed by atoms with van der Waals surface area (Å²) in [5.41, 5.74) is 0. The van der Waals surface area contributed by atoms with Crippen molar-refractivity contribution in [1.29, 1.82) is 0 Å². The van der Waals surface area contributed by atoms with Crippen molar-refractivity contribution >= 4 is 5.78 Å². The van der Waals surface area contributed by atoms with Gasteiger partial charge in [-0.05, 0) is 57.0 Å². The quantitative estimate of drug-likeness (QED) is 0.735. The zero-order chi connectivity index (χ0) is 12.3. The fraction of sp³-hybridized carbons (Fsp3) is 0.933. The predicted octanol–water partition coefficient (Wildman–Crippen LogP) is 3.11. The number of Topliss-reactive ketones (excluding diaryl/α,β-unsaturated/α-hetero) is 1. The van der Waals surface area contributed by atoms with Crippen molar-refractivity contribution in [2.75, 3.05) is 19.6 Å². The summed E-state index contributed by atoms with van der Waals surface area (Å²) in [5, 5.41) is 0. The van der Waals surface area contributed by atoms with Gasteiger partial charge >= 0.3 is 0 Å². The number of hydrogen-bond acceptors (Lipinski definition) is 2. The molecule has 1 saturated heterocycles. The molecule has 2 heteroatoms. The highest BCUT2D eigenvalue weighted by molar-refractivity contribution is 5.81. The summed E-state index contributed by atoms with van der Waals surface area (Å²) in [6, 6.07) is 0. The molecular formula is C15H27NO. The maximum absolute atomic E-state index is 11.9. The summed E-state index contributed by atoms with van der Waals surface area (Å²) in [6.07, 6.45) is 7.08. The first-order chi connectivity index (χ1) is 8.15. The van der Waals surface area contributed by atoms with E-state index in [2.05, 4.69) is 18.7 Å². The van der Waals surface area contributed by atoms with Crippen LogP contribution in [0.3, 0.4) is 0 Å². The first-order valence-electron chi connectivity index (χ1n) is 7.40. The van der Waals surface area contributed by atoms with E-state index in [1.165, 1.54) is 32.4 Å². The molecule has 0 aromatic rings. The van der Waals surface area contributed by atoms with E-state index < -0.39 is 0 Å². The van der Waals surface area contributed by atoms with Crippen molar-refractivity contribution in [3.8, 4) is 0 Å². The first-order valence-corrected chi connectivity index (χ1v) is 7.40.